The molecule has 2 heterocycles. The first-order valence-electron chi connectivity index (χ1n) is 5.84. The molecule has 1 saturated heterocycles. The predicted octanol–water partition coefficient (Wildman–Crippen LogP) is 0.976. The Morgan fingerprint density at radius 3 is 2.89 bits per heavy atom. The zero-order valence-electron chi connectivity index (χ0n) is 10.5. The summed E-state index contributed by atoms with van der Waals surface area (Å²) in [6.07, 6.45) is 2.36. The number of pyridine rings is 1. The fourth-order valence-electron chi connectivity index (χ4n) is 2.27. The number of hydrogen-bond acceptors (Lipinski definition) is 5. The molecule has 0 aromatic carbocycles. The smallest absolute Gasteiger partial charge is 0.337 e. The predicted molar refractivity (Wildman–Crippen MR) is 67.8 cm³/mol. The molecule has 18 heavy (non-hydrogen) atoms. The standard InChI is InChI=1S/C12H17N3O3/c1-7-10(3-4-18-7)15(2)11-9(13)5-8(6-14-11)12(16)17/h5-7,10H,3-4,13H2,1-2H3,(H,16,17). The number of carboxylic acids is 1. The summed E-state index contributed by atoms with van der Waals surface area (Å²) in [5.41, 5.74) is 6.33. The maximum absolute atomic E-state index is 10.8. The van der Waals surface area contributed by atoms with Crippen molar-refractivity contribution >= 4 is 17.5 Å². The first kappa shape index (κ1) is 12.6. The van der Waals surface area contributed by atoms with Crippen LogP contribution in [0.1, 0.15) is 23.7 Å². The Labute approximate surface area is 105 Å². The second-order valence-electron chi connectivity index (χ2n) is 4.48. The van der Waals surface area contributed by atoms with Crippen LogP contribution in [0.2, 0.25) is 0 Å². The van der Waals surface area contributed by atoms with Gasteiger partial charge in [-0.05, 0) is 19.4 Å². The third-order valence-corrected chi connectivity index (χ3v) is 3.31. The molecule has 0 bridgehead atoms. The van der Waals surface area contributed by atoms with Gasteiger partial charge in [-0.25, -0.2) is 9.78 Å². The first-order chi connectivity index (χ1) is 8.50. The van der Waals surface area contributed by atoms with Crippen LogP contribution in [0.15, 0.2) is 12.3 Å². The number of aromatic nitrogens is 1. The highest BCUT2D eigenvalue weighted by Crippen LogP contribution is 2.27. The third kappa shape index (κ3) is 2.24. The van der Waals surface area contributed by atoms with Crippen molar-refractivity contribution in [1.82, 2.24) is 4.98 Å². The van der Waals surface area contributed by atoms with Gasteiger partial charge in [0.2, 0.25) is 0 Å². The van der Waals surface area contributed by atoms with Crippen molar-refractivity contribution in [1.29, 1.82) is 0 Å². The Morgan fingerprint density at radius 1 is 1.67 bits per heavy atom. The highest BCUT2D eigenvalue weighted by Gasteiger charge is 2.29. The molecule has 3 N–H and O–H groups in total. The van der Waals surface area contributed by atoms with Crippen LogP contribution in [-0.2, 0) is 4.74 Å². The summed E-state index contributed by atoms with van der Waals surface area (Å²) in [6.45, 7) is 2.74. The molecule has 1 aromatic rings. The van der Waals surface area contributed by atoms with Crippen LogP contribution in [0, 0.1) is 0 Å². The number of nitrogens with two attached hydrogens (primary N) is 1. The minimum Gasteiger partial charge on any atom is -0.478 e. The second kappa shape index (κ2) is 4.81. The van der Waals surface area contributed by atoms with Gasteiger partial charge >= 0.3 is 5.97 Å². The monoisotopic (exact) mass is 251 g/mol. The molecule has 1 aliphatic heterocycles. The van der Waals surface area contributed by atoms with Crippen molar-refractivity contribution < 1.29 is 14.6 Å². The Hall–Kier alpha value is -1.82. The number of anilines is 2. The zero-order valence-corrected chi connectivity index (χ0v) is 10.5. The highest BCUT2D eigenvalue weighted by molar-refractivity contribution is 5.89. The quantitative estimate of drug-likeness (QED) is 0.832. The number of nitrogen functional groups attached to an aromatic ring is 1. The molecule has 0 radical (unpaired) electrons. The van der Waals surface area contributed by atoms with Crippen molar-refractivity contribution in [2.45, 2.75) is 25.5 Å². The number of ether oxygens (including phenoxy) is 1. The number of nitrogens with zero attached hydrogens (tertiary/aromatic N) is 2. The van der Waals surface area contributed by atoms with Gasteiger partial charge in [0.15, 0.2) is 5.82 Å². The SMILES string of the molecule is CC1OCCC1N(C)c1ncc(C(=O)O)cc1N. The fourth-order valence-corrected chi connectivity index (χ4v) is 2.27. The van der Waals surface area contributed by atoms with Crippen LogP contribution in [0.3, 0.4) is 0 Å². The molecule has 2 atom stereocenters. The lowest BCUT2D eigenvalue weighted by molar-refractivity contribution is 0.0696. The summed E-state index contributed by atoms with van der Waals surface area (Å²) in [6, 6.07) is 1.65. The lowest BCUT2D eigenvalue weighted by atomic mass is 10.1. The first-order valence-corrected chi connectivity index (χ1v) is 5.84. The largest absolute Gasteiger partial charge is 0.478 e. The molecular formula is C12H17N3O3. The number of likely N-dealkylation sites (N-methyl/N-ethyl adjacent to an activating group) is 1. The maximum atomic E-state index is 10.8. The number of aromatic carboxylic acids is 1. The van der Waals surface area contributed by atoms with E-state index >= 15 is 0 Å². The van der Waals surface area contributed by atoms with Gasteiger partial charge in [-0.2, -0.15) is 0 Å². The van der Waals surface area contributed by atoms with Gasteiger partial charge in [-0.15, -0.1) is 0 Å². The lowest BCUT2D eigenvalue weighted by Crippen LogP contribution is -2.37. The molecule has 1 fully saturated rings. The minimum atomic E-state index is -1.03. The van der Waals surface area contributed by atoms with Gasteiger partial charge in [0.1, 0.15) is 0 Å². The van der Waals surface area contributed by atoms with Crippen molar-refractivity contribution in [2.75, 3.05) is 24.3 Å². The minimum absolute atomic E-state index is 0.0976. The molecule has 6 heteroatoms. The van der Waals surface area contributed by atoms with Gasteiger partial charge < -0.3 is 20.5 Å². The molecule has 0 aliphatic carbocycles. The van der Waals surface area contributed by atoms with E-state index in [1.165, 1.54) is 12.3 Å². The van der Waals surface area contributed by atoms with Crippen LogP contribution in [0.4, 0.5) is 11.5 Å². The summed E-state index contributed by atoms with van der Waals surface area (Å²) in [5.74, 6) is -0.427. The van der Waals surface area contributed by atoms with E-state index in [1.54, 1.807) is 0 Å². The molecule has 1 aliphatic rings. The highest BCUT2D eigenvalue weighted by atomic mass is 16.5. The van der Waals surface area contributed by atoms with E-state index in [1.807, 2.05) is 18.9 Å². The molecule has 2 rings (SSSR count). The van der Waals surface area contributed by atoms with E-state index in [-0.39, 0.29) is 17.7 Å². The van der Waals surface area contributed by atoms with Gasteiger partial charge in [0.05, 0.1) is 23.4 Å². The average molecular weight is 251 g/mol. The van der Waals surface area contributed by atoms with Gasteiger partial charge in [-0.3, -0.25) is 0 Å². The molecular weight excluding hydrogens is 234 g/mol. The van der Waals surface area contributed by atoms with E-state index in [0.717, 1.165) is 13.0 Å². The van der Waals surface area contributed by atoms with Crippen LogP contribution < -0.4 is 10.6 Å². The Bertz CT molecular complexity index is 464. The number of rotatable bonds is 3. The second-order valence-corrected chi connectivity index (χ2v) is 4.48. The number of carbonyl (C=O) groups is 1. The summed E-state index contributed by atoms with van der Waals surface area (Å²) in [4.78, 5) is 16.9. The van der Waals surface area contributed by atoms with Crippen LogP contribution >= 0.6 is 0 Å². The van der Waals surface area contributed by atoms with Crippen molar-refractivity contribution in [3.05, 3.63) is 17.8 Å². The topological polar surface area (TPSA) is 88.7 Å². The Morgan fingerprint density at radius 2 is 2.39 bits per heavy atom. The van der Waals surface area contributed by atoms with E-state index < -0.39 is 5.97 Å². The summed E-state index contributed by atoms with van der Waals surface area (Å²) in [7, 11) is 1.90. The molecule has 0 spiro atoms. The van der Waals surface area contributed by atoms with Gasteiger partial charge in [0.25, 0.3) is 0 Å². The fraction of sp³-hybridized carbons (Fsp3) is 0.500. The van der Waals surface area contributed by atoms with Crippen LogP contribution in [-0.4, -0.2) is 41.9 Å². The number of hydrogen-bond donors (Lipinski definition) is 2. The van der Waals surface area contributed by atoms with Gasteiger partial charge in [0, 0.05) is 19.9 Å². The van der Waals surface area contributed by atoms with Gasteiger partial charge in [-0.1, -0.05) is 0 Å². The lowest BCUT2D eigenvalue weighted by Gasteiger charge is -2.28. The molecule has 0 amide bonds. The summed E-state index contributed by atoms with van der Waals surface area (Å²) >= 11 is 0. The Kier molecular flexibility index (Phi) is 3.38. The summed E-state index contributed by atoms with van der Waals surface area (Å²) in [5, 5.41) is 8.86. The zero-order chi connectivity index (χ0) is 13.3. The summed E-state index contributed by atoms with van der Waals surface area (Å²) < 4.78 is 5.51. The van der Waals surface area contributed by atoms with Crippen molar-refractivity contribution in [2.24, 2.45) is 0 Å². The number of carboxylic acid groups (broad SMARTS) is 1. The molecule has 1 aromatic heterocycles. The van der Waals surface area contributed by atoms with Crippen molar-refractivity contribution in [3.8, 4) is 0 Å². The normalized spacial score (nSPS) is 23.0. The molecule has 2 unspecified atom stereocenters. The average Bonchev–Trinajstić information content (AvgIpc) is 2.74. The van der Waals surface area contributed by atoms with E-state index in [2.05, 4.69) is 4.98 Å². The van der Waals surface area contributed by atoms with E-state index in [4.69, 9.17) is 15.6 Å². The third-order valence-electron chi connectivity index (χ3n) is 3.31. The van der Waals surface area contributed by atoms with Crippen LogP contribution in [0.25, 0.3) is 0 Å². The molecule has 6 nitrogen and oxygen atoms in total. The van der Waals surface area contributed by atoms with Crippen molar-refractivity contribution in [3.63, 3.8) is 0 Å². The van der Waals surface area contributed by atoms with Crippen LogP contribution in [0.5, 0.6) is 0 Å². The maximum Gasteiger partial charge on any atom is 0.337 e. The van der Waals surface area contributed by atoms with E-state index in [9.17, 15) is 4.79 Å². The molecule has 98 valence electrons. The Balaban J connectivity index is 2.25. The van der Waals surface area contributed by atoms with E-state index in [0.29, 0.717) is 11.5 Å². The molecule has 0 saturated carbocycles.